The Balaban J connectivity index is 2.86. The summed E-state index contributed by atoms with van der Waals surface area (Å²) in [4.78, 5) is 11.0. The molecular formula is C11H11F4NO2. The van der Waals surface area contributed by atoms with Crippen molar-refractivity contribution in [2.75, 3.05) is 12.4 Å². The summed E-state index contributed by atoms with van der Waals surface area (Å²) in [5.74, 6) is -6.26. The number of methoxy groups -OCH3 is 1. The van der Waals surface area contributed by atoms with Crippen molar-refractivity contribution in [2.24, 2.45) is 0 Å². The van der Waals surface area contributed by atoms with Crippen LogP contribution in [0.5, 0.6) is 5.75 Å². The van der Waals surface area contributed by atoms with Crippen LogP contribution in [0.2, 0.25) is 0 Å². The third-order valence-corrected chi connectivity index (χ3v) is 2.23. The van der Waals surface area contributed by atoms with E-state index in [1.54, 1.807) is 12.2 Å². The second-order valence-corrected chi connectivity index (χ2v) is 3.56. The number of carbonyl (C=O) groups excluding carboxylic acids is 1. The first-order valence-corrected chi connectivity index (χ1v) is 4.91. The Labute approximate surface area is 101 Å². The summed E-state index contributed by atoms with van der Waals surface area (Å²) in [5, 5.41) is 1.73. The van der Waals surface area contributed by atoms with Gasteiger partial charge in [-0.05, 0) is 30.7 Å². The molecule has 0 fully saturated rings. The molecule has 0 unspecified atom stereocenters. The van der Waals surface area contributed by atoms with E-state index in [0.29, 0.717) is 11.3 Å². The quantitative estimate of drug-likeness (QED) is 0.850. The van der Waals surface area contributed by atoms with Gasteiger partial charge in [0.05, 0.1) is 7.11 Å². The summed E-state index contributed by atoms with van der Waals surface area (Å²) in [7, 11) is 1.42. The second-order valence-electron chi connectivity index (χ2n) is 3.56. The standard InChI is InChI=1S/C11H11F4NO2/c1-6-5-7(3-4-8(6)18-2)16-10(17)11(14,15)9(12)13/h3-5,9H,1-2H3,(H,16,17). The number of hydrogen-bond donors (Lipinski definition) is 1. The SMILES string of the molecule is COc1ccc(NC(=O)C(F)(F)C(F)F)cc1C. The maximum Gasteiger partial charge on any atom is 0.383 e. The summed E-state index contributed by atoms with van der Waals surface area (Å²) in [6.45, 7) is 1.62. The smallest absolute Gasteiger partial charge is 0.383 e. The number of hydrogen-bond acceptors (Lipinski definition) is 2. The van der Waals surface area contributed by atoms with Gasteiger partial charge >= 0.3 is 18.3 Å². The number of halogens is 4. The van der Waals surface area contributed by atoms with Gasteiger partial charge in [0.25, 0.3) is 0 Å². The van der Waals surface area contributed by atoms with Crippen LogP contribution in [-0.4, -0.2) is 25.4 Å². The minimum Gasteiger partial charge on any atom is -0.496 e. The predicted octanol–water partition coefficient (Wildman–Crippen LogP) is 2.84. The van der Waals surface area contributed by atoms with Crippen molar-refractivity contribution in [2.45, 2.75) is 19.3 Å². The molecule has 0 aliphatic carbocycles. The van der Waals surface area contributed by atoms with Crippen molar-refractivity contribution in [1.29, 1.82) is 0 Å². The number of anilines is 1. The molecule has 1 N–H and O–H groups in total. The van der Waals surface area contributed by atoms with Gasteiger partial charge in [-0.2, -0.15) is 8.78 Å². The van der Waals surface area contributed by atoms with E-state index in [1.807, 2.05) is 0 Å². The van der Waals surface area contributed by atoms with Crippen LogP contribution >= 0.6 is 0 Å². The normalized spacial score (nSPS) is 11.5. The van der Waals surface area contributed by atoms with Gasteiger partial charge in [0.2, 0.25) is 0 Å². The summed E-state index contributed by atoms with van der Waals surface area (Å²) in [6, 6.07) is 4.06. The maximum absolute atomic E-state index is 12.7. The second kappa shape index (κ2) is 5.24. The largest absolute Gasteiger partial charge is 0.496 e. The minimum absolute atomic E-state index is 0.00127. The van der Waals surface area contributed by atoms with Crippen molar-refractivity contribution < 1.29 is 27.1 Å². The number of alkyl halides is 4. The van der Waals surface area contributed by atoms with Crippen LogP contribution in [0.1, 0.15) is 5.56 Å². The highest BCUT2D eigenvalue weighted by Gasteiger charge is 2.48. The number of benzene rings is 1. The van der Waals surface area contributed by atoms with Crippen molar-refractivity contribution in [3.8, 4) is 5.75 Å². The maximum atomic E-state index is 12.7. The molecule has 0 saturated heterocycles. The molecule has 7 heteroatoms. The van der Waals surface area contributed by atoms with E-state index < -0.39 is 18.3 Å². The fourth-order valence-electron chi connectivity index (χ4n) is 1.27. The zero-order valence-electron chi connectivity index (χ0n) is 9.64. The molecule has 0 heterocycles. The number of aryl methyl sites for hydroxylation is 1. The van der Waals surface area contributed by atoms with Gasteiger partial charge in [0, 0.05) is 5.69 Å². The number of nitrogens with one attached hydrogen (secondary N) is 1. The topological polar surface area (TPSA) is 38.3 Å². The first-order chi connectivity index (χ1) is 8.28. The molecule has 100 valence electrons. The summed E-state index contributed by atoms with van der Waals surface area (Å²) >= 11 is 0. The monoisotopic (exact) mass is 265 g/mol. The molecule has 0 aliphatic heterocycles. The van der Waals surface area contributed by atoms with E-state index in [0.717, 1.165) is 0 Å². The molecule has 0 bridgehead atoms. The summed E-state index contributed by atoms with van der Waals surface area (Å²) < 4.78 is 54.2. The summed E-state index contributed by atoms with van der Waals surface area (Å²) in [5.41, 5.74) is 0.578. The fraction of sp³-hybridized carbons (Fsp3) is 0.364. The first kappa shape index (κ1) is 14.3. The first-order valence-electron chi connectivity index (χ1n) is 4.91. The van der Waals surface area contributed by atoms with E-state index in [-0.39, 0.29) is 5.69 Å². The van der Waals surface area contributed by atoms with Gasteiger partial charge in [0.1, 0.15) is 5.75 Å². The Morgan fingerprint density at radius 2 is 2.00 bits per heavy atom. The van der Waals surface area contributed by atoms with Gasteiger partial charge in [-0.3, -0.25) is 4.79 Å². The number of carbonyl (C=O) groups is 1. The average Bonchev–Trinajstić information content (AvgIpc) is 2.28. The van der Waals surface area contributed by atoms with E-state index in [2.05, 4.69) is 0 Å². The van der Waals surface area contributed by atoms with Crippen LogP contribution < -0.4 is 10.1 Å². The van der Waals surface area contributed by atoms with E-state index in [1.165, 1.54) is 25.3 Å². The highest BCUT2D eigenvalue weighted by Crippen LogP contribution is 2.26. The van der Waals surface area contributed by atoms with Gasteiger partial charge in [0.15, 0.2) is 0 Å². The third-order valence-electron chi connectivity index (χ3n) is 2.23. The molecule has 0 saturated carbocycles. The van der Waals surface area contributed by atoms with Crippen LogP contribution in [-0.2, 0) is 4.79 Å². The van der Waals surface area contributed by atoms with Crippen LogP contribution in [0.4, 0.5) is 23.2 Å². The predicted molar refractivity (Wildman–Crippen MR) is 57.3 cm³/mol. The Morgan fingerprint density at radius 1 is 1.39 bits per heavy atom. The Kier molecular flexibility index (Phi) is 4.15. The van der Waals surface area contributed by atoms with Crippen LogP contribution in [0.25, 0.3) is 0 Å². The molecule has 0 atom stereocenters. The fourth-order valence-corrected chi connectivity index (χ4v) is 1.27. The number of rotatable bonds is 4. The molecule has 1 aromatic carbocycles. The van der Waals surface area contributed by atoms with E-state index in [9.17, 15) is 22.4 Å². The lowest BCUT2D eigenvalue weighted by atomic mass is 10.2. The van der Waals surface area contributed by atoms with Gasteiger partial charge in [-0.25, -0.2) is 8.78 Å². The molecule has 3 nitrogen and oxygen atoms in total. The molecule has 1 aromatic rings. The molecular weight excluding hydrogens is 254 g/mol. The van der Waals surface area contributed by atoms with E-state index in [4.69, 9.17) is 4.74 Å². The van der Waals surface area contributed by atoms with Crippen molar-refractivity contribution in [1.82, 2.24) is 0 Å². The molecule has 0 aromatic heterocycles. The summed E-state index contributed by atoms with van der Waals surface area (Å²) in [6.07, 6.45) is -4.04. The number of ether oxygens (including phenoxy) is 1. The highest BCUT2D eigenvalue weighted by molar-refractivity contribution is 5.96. The van der Waals surface area contributed by atoms with Crippen LogP contribution in [0.3, 0.4) is 0 Å². The Bertz CT molecular complexity index is 449. The lowest BCUT2D eigenvalue weighted by Crippen LogP contribution is -2.40. The molecule has 0 spiro atoms. The van der Waals surface area contributed by atoms with Gasteiger partial charge < -0.3 is 10.1 Å². The van der Waals surface area contributed by atoms with Crippen molar-refractivity contribution in [3.63, 3.8) is 0 Å². The zero-order valence-corrected chi connectivity index (χ0v) is 9.64. The zero-order chi connectivity index (χ0) is 13.9. The number of amides is 1. The third kappa shape index (κ3) is 2.91. The average molecular weight is 265 g/mol. The van der Waals surface area contributed by atoms with Gasteiger partial charge in [-0.1, -0.05) is 0 Å². The van der Waals surface area contributed by atoms with Gasteiger partial charge in [-0.15, -0.1) is 0 Å². The van der Waals surface area contributed by atoms with Crippen molar-refractivity contribution in [3.05, 3.63) is 23.8 Å². The molecule has 18 heavy (non-hydrogen) atoms. The Hall–Kier alpha value is -1.79. The lowest BCUT2D eigenvalue weighted by Gasteiger charge is -2.15. The van der Waals surface area contributed by atoms with E-state index >= 15 is 0 Å². The minimum atomic E-state index is -4.71. The Morgan fingerprint density at radius 3 is 2.44 bits per heavy atom. The molecule has 1 rings (SSSR count). The van der Waals surface area contributed by atoms with Crippen LogP contribution in [0, 0.1) is 6.92 Å². The highest BCUT2D eigenvalue weighted by atomic mass is 19.3. The van der Waals surface area contributed by atoms with Crippen molar-refractivity contribution >= 4 is 11.6 Å². The molecule has 1 amide bonds. The van der Waals surface area contributed by atoms with Crippen LogP contribution in [0.15, 0.2) is 18.2 Å². The molecule has 0 radical (unpaired) electrons. The molecule has 0 aliphatic rings. The lowest BCUT2D eigenvalue weighted by molar-refractivity contribution is -0.163.